The SMILES string of the molecule is CCCc1nc(SCC(=O)Nc2ccc(Br)cc2)n[nH]1. The van der Waals surface area contributed by atoms with Gasteiger partial charge in [-0.05, 0) is 30.7 Å². The molecule has 2 N–H and O–H groups in total. The number of carbonyl (C=O) groups excluding carboxylic acids is 1. The van der Waals surface area contributed by atoms with Gasteiger partial charge in [-0.1, -0.05) is 34.6 Å². The third-order valence-electron chi connectivity index (χ3n) is 2.46. The van der Waals surface area contributed by atoms with Gasteiger partial charge < -0.3 is 5.32 Å². The van der Waals surface area contributed by atoms with Crippen LogP contribution in [-0.4, -0.2) is 26.8 Å². The highest BCUT2D eigenvalue weighted by Crippen LogP contribution is 2.16. The number of aryl methyl sites for hydroxylation is 1. The topological polar surface area (TPSA) is 70.7 Å². The number of hydrogen-bond acceptors (Lipinski definition) is 4. The molecule has 0 aliphatic carbocycles. The van der Waals surface area contributed by atoms with Gasteiger partial charge >= 0.3 is 0 Å². The van der Waals surface area contributed by atoms with E-state index in [1.165, 1.54) is 11.8 Å². The van der Waals surface area contributed by atoms with Crippen LogP contribution in [0.25, 0.3) is 0 Å². The van der Waals surface area contributed by atoms with Crippen molar-refractivity contribution in [1.82, 2.24) is 15.2 Å². The number of aromatic amines is 1. The van der Waals surface area contributed by atoms with Gasteiger partial charge in [0.2, 0.25) is 11.1 Å². The van der Waals surface area contributed by atoms with Gasteiger partial charge in [-0.2, -0.15) is 0 Å². The highest BCUT2D eigenvalue weighted by Gasteiger charge is 2.07. The highest BCUT2D eigenvalue weighted by molar-refractivity contribution is 9.10. The van der Waals surface area contributed by atoms with Gasteiger partial charge in [-0.15, -0.1) is 5.10 Å². The smallest absolute Gasteiger partial charge is 0.234 e. The van der Waals surface area contributed by atoms with Crippen LogP contribution in [0.3, 0.4) is 0 Å². The van der Waals surface area contributed by atoms with Crippen molar-refractivity contribution in [2.24, 2.45) is 0 Å². The van der Waals surface area contributed by atoms with Gasteiger partial charge in [-0.3, -0.25) is 9.89 Å². The molecule has 1 aromatic carbocycles. The van der Waals surface area contributed by atoms with E-state index in [2.05, 4.69) is 43.4 Å². The Labute approximate surface area is 130 Å². The van der Waals surface area contributed by atoms with Crippen LogP contribution in [0.1, 0.15) is 19.2 Å². The van der Waals surface area contributed by atoms with Crippen molar-refractivity contribution in [2.75, 3.05) is 11.1 Å². The Kier molecular flexibility index (Phi) is 5.60. The quantitative estimate of drug-likeness (QED) is 0.781. The van der Waals surface area contributed by atoms with Gasteiger partial charge in [0.1, 0.15) is 5.82 Å². The van der Waals surface area contributed by atoms with Gasteiger partial charge in [-0.25, -0.2) is 4.98 Å². The Balaban J connectivity index is 1.80. The highest BCUT2D eigenvalue weighted by atomic mass is 79.9. The molecule has 0 aliphatic rings. The Morgan fingerprint density at radius 1 is 1.40 bits per heavy atom. The van der Waals surface area contributed by atoms with Crippen LogP contribution in [0.2, 0.25) is 0 Å². The predicted octanol–water partition coefficient (Wildman–Crippen LogP) is 3.25. The molecule has 106 valence electrons. The lowest BCUT2D eigenvalue weighted by atomic mass is 10.3. The lowest BCUT2D eigenvalue weighted by Crippen LogP contribution is -2.13. The molecule has 0 spiro atoms. The monoisotopic (exact) mass is 354 g/mol. The predicted molar refractivity (Wildman–Crippen MR) is 83.9 cm³/mol. The number of H-pyrrole nitrogens is 1. The zero-order valence-corrected chi connectivity index (χ0v) is 13.4. The molecule has 2 rings (SSSR count). The van der Waals surface area contributed by atoms with E-state index < -0.39 is 0 Å². The Morgan fingerprint density at radius 3 is 2.85 bits per heavy atom. The minimum Gasteiger partial charge on any atom is -0.325 e. The van der Waals surface area contributed by atoms with E-state index in [1.807, 2.05) is 24.3 Å². The minimum absolute atomic E-state index is 0.0702. The minimum atomic E-state index is -0.0702. The summed E-state index contributed by atoms with van der Waals surface area (Å²) in [6.07, 6.45) is 1.89. The largest absolute Gasteiger partial charge is 0.325 e. The summed E-state index contributed by atoms with van der Waals surface area (Å²) in [6.45, 7) is 2.08. The van der Waals surface area contributed by atoms with Gasteiger partial charge in [0.15, 0.2) is 0 Å². The molecule has 0 fully saturated rings. The average molecular weight is 355 g/mol. The second-order valence-corrected chi connectivity index (χ2v) is 6.02. The van der Waals surface area contributed by atoms with E-state index in [4.69, 9.17) is 0 Å². The number of hydrogen-bond donors (Lipinski definition) is 2. The van der Waals surface area contributed by atoms with Crippen molar-refractivity contribution in [3.05, 3.63) is 34.6 Å². The molecule has 0 unspecified atom stereocenters. The summed E-state index contributed by atoms with van der Waals surface area (Å²) in [5.74, 6) is 1.09. The zero-order valence-electron chi connectivity index (χ0n) is 11.0. The first-order chi connectivity index (χ1) is 9.67. The van der Waals surface area contributed by atoms with E-state index >= 15 is 0 Å². The van der Waals surface area contributed by atoms with E-state index in [1.54, 1.807) is 0 Å². The third-order valence-corrected chi connectivity index (χ3v) is 3.83. The number of anilines is 1. The number of nitrogens with one attached hydrogen (secondary N) is 2. The van der Waals surface area contributed by atoms with Crippen LogP contribution < -0.4 is 5.32 Å². The standard InChI is InChI=1S/C13H15BrN4OS/c1-2-3-11-16-13(18-17-11)20-8-12(19)15-10-6-4-9(14)5-7-10/h4-7H,2-3,8H2,1H3,(H,15,19)(H,16,17,18). The number of rotatable bonds is 6. The van der Waals surface area contributed by atoms with E-state index in [0.717, 1.165) is 28.8 Å². The first-order valence-electron chi connectivity index (χ1n) is 6.27. The maximum Gasteiger partial charge on any atom is 0.234 e. The van der Waals surface area contributed by atoms with Crippen LogP contribution in [-0.2, 0) is 11.2 Å². The molecule has 0 bridgehead atoms. The van der Waals surface area contributed by atoms with Crippen LogP contribution in [0.4, 0.5) is 5.69 Å². The van der Waals surface area contributed by atoms with Gasteiger partial charge in [0.05, 0.1) is 5.75 Å². The summed E-state index contributed by atoms with van der Waals surface area (Å²) in [6, 6.07) is 7.46. The second-order valence-electron chi connectivity index (χ2n) is 4.16. The van der Waals surface area contributed by atoms with Crippen molar-refractivity contribution in [1.29, 1.82) is 0 Å². The van der Waals surface area contributed by atoms with Gasteiger partial charge in [0.25, 0.3) is 0 Å². The Hall–Kier alpha value is -1.34. The normalized spacial score (nSPS) is 10.5. The fourth-order valence-electron chi connectivity index (χ4n) is 1.55. The summed E-state index contributed by atoms with van der Waals surface area (Å²) in [5.41, 5.74) is 0.778. The molecule has 1 amide bonds. The molecular formula is C13H15BrN4OS. The van der Waals surface area contributed by atoms with Crippen LogP contribution in [0.15, 0.2) is 33.9 Å². The molecule has 20 heavy (non-hydrogen) atoms. The summed E-state index contributed by atoms with van der Waals surface area (Å²) in [7, 11) is 0. The number of thioether (sulfide) groups is 1. The van der Waals surface area contributed by atoms with Crippen molar-refractivity contribution in [2.45, 2.75) is 24.9 Å². The molecule has 7 heteroatoms. The van der Waals surface area contributed by atoms with Crippen LogP contribution in [0.5, 0.6) is 0 Å². The van der Waals surface area contributed by atoms with Crippen molar-refractivity contribution >= 4 is 39.3 Å². The lowest BCUT2D eigenvalue weighted by molar-refractivity contribution is -0.113. The average Bonchev–Trinajstić information content (AvgIpc) is 2.87. The Bertz CT molecular complexity index is 570. The van der Waals surface area contributed by atoms with Crippen LogP contribution >= 0.6 is 27.7 Å². The molecule has 2 aromatic rings. The van der Waals surface area contributed by atoms with E-state index in [0.29, 0.717) is 10.9 Å². The third kappa shape index (κ3) is 4.64. The molecule has 0 aliphatic heterocycles. The maximum atomic E-state index is 11.8. The fourth-order valence-corrected chi connectivity index (χ4v) is 2.43. The zero-order chi connectivity index (χ0) is 14.4. The lowest BCUT2D eigenvalue weighted by Gasteiger charge is -2.03. The van der Waals surface area contributed by atoms with Crippen molar-refractivity contribution in [3.63, 3.8) is 0 Å². The first-order valence-corrected chi connectivity index (χ1v) is 8.04. The molecular weight excluding hydrogens is 340 g/mol. The molecule has 0 atom stereocenters. The first kappa shape index (κ1) is 15.1. The number of carbonyl (C=O) groups is 1. The number of amides is 1. The molecule has 0 radical (unpaired) electrons. The summed E-state index contributed by atoms with van der Waals surface area (Å²) < 4.78 is 0.981. The van der Waals surface area contributed by atoms with Crippen molar-refractivity contribution in [3.8, 4) is 0 Å². The number of nitrogens with zero attached hydrogens (tertiary/aromatic N) is 2. The van der Waals surface area contributed by atoms with E-state index in [9.17, 15) is 4.79 Å². The van der Waals surface area contributed by atoms with Crippen LogP contribution in [0, 0.1) is 0 Å². The molecule has 0 saturated heterocycles. The van der Waals surface area contributed by atoms with Crippen molar-refractivity contribution < 1.29 is 4.79 Å². The number of halogens is 1. The Morgan fingerprint density at radius 2 is 2.15 bits per heavy atom. The fraction of sp³-hybridized carbons (Fsp3) is 0.308. The number of benzene rings is 1. The molecule has 0 saturated carbocycles. The second kappa shape index (κ2) is 7.44. The maximum absolute atomic E-state index is 11.8. The van der Waals surface area contributed by atoms with Gasteiger partial charge in [0, 0.05) is 16.6 Å². The summed E-state index contributed by atoms with van der Waals surface area (Å²) in [5, 5.41) is 10.4. The van der Waals surface area contributed by atoms with E-state index in [-0.39, 0.29) is 5.91 Å². The molecule has 5 nitrogen and oxygen atoms in total. The summed E-state index contributed by atoms with van der Waals surface area (Å²) >= 11 is 4.67. The summed E-state index contributed by atoms with van der Waals surface area (Å²) in [4.78, 5) is 16.1. The number of aromatic nitrogens is 3. The molecule has 1 aromatic heterocycles. The molecule has 1 heterocycles.